The number of carbonyl (C=O) groups excluding carboxylic acids is 1. The van der Waals surface area contributed by atoms with Crippen LogP contribution in [0.4, 0.5) is 8.78 Å². The van der Waals surface area contributed by atoms with E-state index in [-0.39, 0.29) is 35.3 Å². The first-order valence-electron chi connectivity index (χ1n) is 15.5. The van der Waals surface area contributed by atoms with E-state index in [1.54, 1.807) is 44.4 Å². The SMILES string of the molecule is CN(C)C(=O)c1ccc(Sc2ccc(Oc3c(F)cnc(Oc4cc(C#N)ccc4OCc4ccccc4)c3F)c(C3=NCCN3C)c2)cc1. The Hall–Kier alpha value is -5.93. The van der Waals surface area contributed by atoms with Crippen molar-refractivity contribution >= 4 is 23.5 Å². The molecule has 50 heavy (non-hydrogen) atoms. The highest BCUT2D eigenvalue weighted by molar-refractivity contribution is 7.99. The predicted octanol–water partition coefficient (Wildman–Crippen LogP) is 7.94. The summed E-state index contributed by atoms with van der Waals surface area (Å²) in [5.74, 6) is -2.58. The van der Waals surface area contributed by atoms with E-state index < -0.39 is 23.3 Å². The molecule has 2 heterocycles. The zero-order valence-electron chi connectivity index (χ0n) is 27.4. The molecule has 9 nitrogen and oxygen atoms in total. The summed E-state index contributed by atoms with van der Waals surface area (Å²) in [5.41, 5.74) is 2.24. The molecule has 0 N–H and O–H groups in total. The molecule has 0 radical (unpaired) electrons. The summed E-state index contributed by atoms with van der Waals surface area (Å²) in [7, 11) is 5.27. The monoisotopic (exact) mass is 691 g/mol. The van der Waals surface area contributed by atoms with Gasteiger partial charge in [0, 0.05) is 49.1 Å². The summed E-state index contributed by atoms with van der Waals surface area (Å²) in [6.07, 6.45) is 0.806. The van der Waals surface area contributed by atoms with Crippen LogP contribution in [0.25, 0.3) is 0 Å². The molecule has 12 heteroatoms. The first-order valence-corrected chi connectivity index (χ1v) is 16.3. The first kappa shape index (κ1) is 34.0. The van der Waals surface area contributed by atoms with Crippen LogP contribution in [-0.4, -0.2) is 60.8 Å². The minimum absolute atomic E-state index is 0.0204. The van der Waals surface area contributed by atoms with Gasteiger partial charge in [0.15, 0.2) is 17.3 Å². The number of hydrogen-bond donors (Lipinski definition) is 0. The van der Waals surface area contributed by atoms with Crippen LogP contribution in [0, 0.1) is 23.0 Å². The Balaban J connectivity index is 1.29. The molecule has 0 atom stereocenters. The number of aromatic nitrogens is 1. The number of hydrogen-bond acceptors (Lipinski definition) is 9. The molecule has 0 saturated heterocycles. The second kappa shape index (κ2) is 15.1. The summed E-state index contributed by atoms with van der Waals surface area (Å²) in [4.78, 5) is 25.9. The lowest BCUT2D eigenvalue weighted by molar-refractivity contribution is 0.0827. The van der Waals surface area contributed by atoms with E-state index in [2.05, 4.69) is 9.98 Å². The molecule has 1 amide bonds. The number of pyridine rings is 1. The van der Waals surface area contributed by atoms with Crippen molar-refractivity contribution in [3.05, 3.63) is 131 Å². The van der Waals surface area contributed by atoms with Gasteiger partial charge in [-0.3, -0.25) is 9.79 Å². The molecule has 1 aromatic heterocycles. The largest absolute Gasteiger partial charge is 0.485 e. The van der Waals surface area contributed by atoms with Crippen molar-refractivity contribution in [2.75, 3.05) is 34.2 Å². The number of halogens is 2. The quantitative estimate of drug-likeness (QED) is 0.138. The topological polar surface area (TPSA) is 100 Å². The lowest BCUT2D eigenvalue weighted by Gasteiger charge is -2.19. The molecule has 4 aromatic carbocycles. The lowest BCUT2D eigenvalue weighted by Crippen LogP contribution is -2.24. The molecule has 5 aromatic rings. The Morgan fingerprint density at radius 2 is 1.68 bits per heavy atom. The molecule has 0 unspecified atom stereocenters. The number of nitriles is 1. The normalized spacial score (nSPS) is 12.2. The van der Waals surface area contributed by atoms with E-state index in [1.807, 2.05) is 66.5 Å². The molecule has 252 valence electrons. The molecule has 0 spiro atoms. The van der Waals surface area contributed by atoms with Crippen LogP contribution < -0.4 is 14.2 Å². The standard InChI is InChI=1S/C38H31F2N5O4S/c1-44(2)38(46)26-10-12-27(13-11-26)50-28-14-16-31(29(20-28)36-42-17-18-45(36)3)48-35-30(39)22-43-37(34(35)40)49-33-19-25(21-41)9-15-32(33)47-23-24-7-5-4-6-8-24/h4-16,19-20,22H,17-18,23H2,1-3H3. The molecule has 0 bridgehead atoms. The Bertz CT molecular complexity index is 2100. The molecular formula is C38H31F2N5O4S. The number of likely N-dealkylation sites (N-methyl/N-ethyl adjacent to an activating group) is 1. The minimum Gasteiger partial charge on any atom is -0.485 e. The van der Waals surface area contributed by atoms with Crippen LogP contribution in [-0.2, 0) is 6.61 Å². The summed E-state index contributed by atoms with van der Waals surface area (Å²) < 4.78 is 48.9. The Kier molecular flexibility index (Phi) is 10.2. The Morgan fingerprint density at radius 1 is 0.940 bits per heavy atom. The van der Waals surface area contributed by atoms with Gasteiger partial charge in [-0.1, -0.05) is 42.1 Å². The fraction of sp³-hybridized carbons (Fsp3) is 0.158. The second-order valence-corrected chi connectivity index (χ2v) is 12.6. The van der Waals surface area contributed by atoms with Gasteiger partial charge in [0.05, 0.1) is 29.9 Å². The van der Waals surface area contributed by atoms with Gasteiger partial charge in [0.1, 0.15) is 18.2 Å². The number of amidine groups is 1. The number of aliphatic imine (C=N–C) groups is 1. The van der Waals surface area contributed by atoms with Crippen LogP contribution in [0.1, 0.15) is 27.0 Å². The van der Waals surface area contributed by atoms with Crippen LogP contribution >= 0.6 is 11.8 Å². The van der Waals surface area contributed by atoms with Crippen LogP contribution in [0.5, 0.6) is 28.9 Å². The number of nitrogens with zero attached hydrogens (tertiary/aromatic N) is 5. The van der Waals surface area contributed by atoms with Gasteiger partial charge >= 0.3 is 0 Å². The maximum Gasteiger partial charge on any atom is 0.260 e. The van der Waals surface area contributed by atoms with E-state index in [4.69, 9.17) is 14.2 Å². The van der Waals surface area contributed by atoms with Crippen molar-refractivity contribution < 1.29 is 27.8 Å². The van der Waals surface area contributed by atoms with Crippen LogP contribution in [0.2, 0.25) is 0 Å². The molecule has 6 rings (SSSR count). The van der Waals surface area contributed by atoms with E-state index >= 15 is 8.78 Å². The summed E-state index contributed by atoms with van der Waals surface area (Å²) in [6.45, 7) is 1.41. The summed E-state index contributed by atoms with van der Waals surface area (Å²) in [6, 6.07) is 28.4. The van der Waals surface area contributed by atoms with E-state index in [1.165, 1.54) is 28.8 Å². The fourth-order valence-corrected chi connectivity index (χ4v) is 5.90. The van der Waals surface area contributed by atoms with E-state index in [0.717, 1.165) is 21.6 Å². The molecule has 1 aliphatic heterocycles. The van der Waals surface area contributed by atoms with Gasteiger partial charge in [-0.25, -0.2) is 9.37 Å². The Morgan fingerprint density at radius 3 is 2.38 bits per heavy atom. The first-order chi connectivity index (χ1) is 24.2. The highest BCUT2D eigenvalue weighted by Gasteiger charge is 2.25. The van der Waals surface area contributed by atoms with Crippen molar-refractivity contribution in [2.45, 2.75) is 16.4 Å². The number of carbonyl (C=O) groups is 1. The second-order valence-electron chi connectivity index (χ2n) is 11.4. The van der Waals surface area contributed by atoms with E-state index in [9.17, 15) is 10.1 Å². The summed E-state index contributed by atoms with van der Waals surface area (Å²) >= 11 is 1.46. The van der Waals surface area contributed by atoms with Crippen molar-refractivity contribution in [1.29, 1.82) is 5.26 Å². The van der Waals surface area contributed by atoms with Gasteiger partial charge in [-0.2, -0.15) is 9.65 Å². The molecule has 0 saturated carbocycles. The zero-order valence-corrected chi connectivity index (χ0v) is 28.2. The van der Waals surface area contributed by atoms with E-state index in [0.29, 0.717) is 30.1 Å². The zero-order chi connectivity index (χ0) is 35.2. The average molecular weight is 692 g/mol. The van der Waals surface area contributed by atoms with Gasteiger partial charge in [0.2, 0.25) is 11.6 Å². The highest BCUT2D eigenvalue weighted by Crippen LogP contribution is 2.40. The Labute approximate surface area is 292 Å². The average Bonchev–Trinajstić information content (AvgIpc) is 3.56. The van der Waals surface area contributed by atoms with Crippen molar-refractivity contribution in [3.8, 4) is 34.9 Å². The van der Waals surface area contributed by atoms with Crippen molar-refractivity contribution in [3.63, 3.8) is 0 Å². The van der Waals surface area contributed by atoms with Crippen molar-refractivity contribution in [1.82, 2.24) is 14.8 Å². The van der Waals surface area contributed by atoms with Crippen LogP contribution in [0.15, 0.2) is 112 Å². The van der Waals surface area contributed by atoms with Gasteiger partial charge in [-0.05, 0) is 60.2 Å². The molecule has 0 aliphatic carbocycles. The van der Waals surface area contributed by atoms with Crippen LogP contribution in [0.3, 0.4) is 0 Å². The van der Waals surface area contributed by atoms with Gasteiger partial charge < -0.3 is 24.0 Å². The predicted molar refractivity (Wildman–Crippen MR) is 185 cm³/mol. The third-order valence-electron chi connectivity index (χ3n) is 7.62. The lowest BCUT2D eigenvalue weighted by atomic mass is 10.1. The maximum atomic E-state index is 16.0. The smallest absolute Gasteiger partial charge is 0.260 e. The summed E-state index contributed by atoms with van der Waals surface area (Å²) in [5, 5.41) is 9.48. The highest BCUT2D eigenvalue weighted by atomic mass is 32.2. The number of amides is 1. The minimum atomic E-state index is -1.18. The fourth-order valence-electron chi connectivity index (χ4n) is 5.04. The van der Waals surface area contributed by atoms with Crippen molar-refractivity contribution in [2.24, 2.45) is 4.99 Å². The van der Waals surface area contributed by atoms with Gasteiger partial charge in [-0.15, -0.1) is 0 Å². The number of benzene rings is 4. The third-order valence-corrected chi connectivity index (χ3v) is 8.62. The molecule has 0 fully saturated rings. The molecule has 1 aliphatic rings. The maximum absolute atomic E-state index is 16.0. The number of ether oxygens (including phenoxy) is 3. The van der Waals surface area contributed by atoms with Gasteiger partial charge in [0.25, 0.3) is 11.8 Å². The third kappa shape index (κ3) is 7.69. The molecular weight excluding hydrogens is 661 g/mol. The number of rotatable bonds is 11.